The third-order valence-electron chi connectivity index (χ3n) is 9.80. The van der Waals surface area contributed by atoms with E-state index >= 15 is 0 Å². The molecule has 2 aliphatic rings. The van der Waals surface area contributed by atoms with Crippen molar-refractivity contribution in [2.24, 2.45) is 4.99 Å². The lowest BCUT2D eigenvalue weighted by molar-refractivity contribution is 0.279. The van der Waals surface area contributed by atoms with Gasteiger partial charge < -0.3 is 9.47 Å². The standard InChI is InChI=1S/C41H47N3O2/c1-23-13-32-36(42-21-23)44-33-20-34(46-28-16-25(15-26(17-28)38(3,4)5)37-43-40(9,10)22-45-37)24(2)14-29(33)30-18-27(39(6,7)8)19-31(35(30)44)41(32,11)12/h13-21H,22H2,1-12H3. The Kier molecular flexibility index (Phi) is 6.44. The van der Waals surface area contributed by atoms with E-state index in [0.717, 1.165) is 34.0 Å². The maximum Gasteiger partial charge on any atom is 0.216 e. The third kappa shape index (κ3) is 4.82. The fraction of sp³-hybridized carbons (Fsp3) is 0.415. The molecule has 0 spiro atoms. The molecular weight excluding hydrogens is 566 g/mol. The number of benzene rings is 3. The van der Waals surface area contributed by atoms with Gasteiger partial charge in [-0.3, -0.25) is 4.57 Å². The van der Waals surface area contributed by atoms with Crippen LogP contribution in [0.1, 0.15) is 108 Å². The van der Waals surface area contributed by atoms with Crippen LogP contribution in [-0.2, 0) is 21.0 Å². The molecule has 0 N–H and O–H groups in total. The molecule has 0 aliphatic carbocycles. The first-order chi connectivity index (χ1) is 21.3. The molecule has 4 heterocycles. The van der Waals surface area contributed by atoms with Gasteiger partial charge in [0.1, 0.15) is 23.9 Å². The Morgan fingerprint density at radius 1 is 0.783 bits per heavy atom. The van der Waals surface area contributed by atoms with Crippen LogP contribution in [0.4, 0.5) is 0 Å². The molecule has 7 rings (SSSR count). The number of aliphatic imine (C=N–C) groups is 1. The molecule has 0 atom stereocenters. The second-order valence-corrected chi connectivity index (χ2v) is 16.8. The summed E-state index contributed by atoms with van der Waals surface area (Å²) in [5, 5.41) is 2.49. The largest absolute Gasteiger partial charge is 0.475 e. The first kappa shape index (κ1) is 30.5. The zero-order valence-electron chi connectivity index (χ0n) is 29.6. The maximum absolute atomic E-state index is 6.83. The number of rotatable bonds is 3. The van der Waals surface area contributed by atoms with Crippen LogP contribution in [0.15, 0.2) is 59.7 Å². The van der Waals surface area contributed by atoms with Gasteiger partial charge in [0.05, 0.1) is 16.6 Å². The van der Waals surface area contributed by atoms with Crippen LogP contribution in [0.5, 0.6) is 11.5 Å². The summed E-state index contributed by atoms with van der Waals surface area (Å²) in [5.74, 6) is 3.28. The third-order valence-corrected chi connectivity index (χ3v) is 9.80. The van der Waals surface area contributed by atoms with E-state index in [1.54, 1.807) is 0 Å². The highest BCUT2D eigenvalue weighted by atomic mass is 16.5. The summed E-state index contributed by atoms with van der Waals surface area (Å²) in [4.78, 5) is 9.94. The Balaban J connectivity index is 1.47. The number of nitrogens with zero attached hydrogens (tertiary/aromatic N) is 3. The van der Waals surface area contributed by atoms with Crippen molar-refractivity contribution in [2.45, 2.75) is 105 Å². The Hall–Kier alpha value is -4.12. The molecular formula is C41H47N3O2. The van der Waals surface area contributed by atoms with E-state index in [2.05, 4.69) is 136 Å². The molecule has 5 aromatic rings. The Labute approximate surface area is 273 Å². The fourth-order valence-electron chi connectivity index (χ4n) is 6.94. The predicted molar refractivity (Wildman–Crippen MR) is 191 cm³/mol. The molecule has 0 amide bonds. The number of hydrogen-bond acceptors (Lipinski definition) is 4. The Morgan fingerprint density at radius 2 is 1.48 bits per heavy atom. The van der Waals surface area contributed by atoms with Gasteiger partial charge in [0.25, 0.3) is 0 Å². The lowest BCUT2D eigenvalue weighted by Crippen LogP contribution is -2.28. The zero-order valence-corrected chi connectivity index (χ0v) is 29.6. The highest BCUT2D eigenvalue weighted by Crippen LogP contribution is 2.49. The first-order valence-corrected chi connectivity index (χ1v) is 16.5. The van der Waals surface area contributed by atoms with Gasteiger partial charge in [0.15, 0.2) is 0 Å². The smallest absolute Gasteiger partial charge is 0.216 e. The average Bonchev–Trinajstić information content (AvgIpc) is 3.47. The monoisotopic (exact) mass is 613 g/mol. The second kappa shape index (κ2) is 9.70. The van der Waals surface area contributed by atoms with E-state index in [4.69, 9.17) is 19.5 Å². The van der Waals surface area contributed by atoms with Crippen molar-refractivity contribution in [1.29, 1.82) is 0 Å². The summed E-state index contributed by atoms with van der Waals surface area (Å²) in [6.07, 6.45) is 1.99. The molecule has 0 radical (unpaired) electrons. The van der Waals surface area contributed by atoms with Gasteiger partial charge in [-0.05, 0) is 103 Å². The predicted octanol–water partition coefficient (Wildman–Crippen LogP) is 10.4. The first-order valence-electron chi connectivity index (χ1n) is 16.5. The van der Waals surface area contributed by atoms with Crippen LogP contribution in [-0.4, -0.2) is 27.6 Å². The summed E-state index contributed by atoms with van der Waals surface area (Å²) in [6.45, 7) is 27.3. The average molecular weight is 614 g/mol. The second-order valence-electron chi connectivity index (χ2n) is 16.8. The zero-order chi connectivity index (χ0) is 33.1. The molecule has 5 nitrogen and oxygen atoms in total. The molecule has 5 heteroatoms. The van der Waals surface area contributed by atoms with E-state index in [0.29, 0.717) is 12.5 Å². The van der Waals surface area contributed by atoms with Gasteiger partial charge in [-0.25, -0.2) is 9.98 Å². The Bertz CT molecular complexity index is 2110. The molecule has 0 unspecified atom stereocenters. The number of aryl methyl sites for hydroxylation is 2. The number of ether oxygens (including phenoxy) is 2. The summed E-state index contributed by atoms with van der Waals surface area (Å²) < 4.78 is 15.3. The van der Waals surface area contributed by atoms with Crippen LogP contribution < -0.4 is 4.74 Å². The molecule has 2 aromatic heterocycles. The van der Waals surface area contributed by atoms with Crippen molar-refractivity contribution in [1.82, 2.24) is 9.55 Å². The van der Waals surface area contributed by atoms with Crippen LogP contribution >= 0.6 is 0 Å². The molecule has 0 fully saturated rings. The number of fused-ring (bicyclic) bond motifs is 5. The van der Waals surface area contributed by atoms with Gasteiger partial charge in [0, 0.05) is 39.6 Å². The van der Waals surface area contributed by atoms with Crippen LogP contribution in [0.2, 0.25) is 0 Å². The van der Waals surface area contributed by atoms with Crippen molar-refractivity contribution < 1.29 is 9.47 Å². The van der Waals surface area contributed by atoms with Crippen LogP contribution in [0.25, 0.3) is 27.6 Å². The normalized spacial score (nSPS) is 16.8. The summed E-state index contributed by atoms with van der Waals surface area (Å²) >= 11 is 0. The molecule has 2 aliphatic heterocycles. The van der Waals surface area contributed by atoms with E-state index < -0.39 is 0 Å². The molecule has 238 valence electrons. The highest BCUT2D eigenvalue weighted by Gasteiger charge is 2.37. The van der Waals surface area contributed by atoms with Gasteiger partial charge in [-0.2, -0.15) is 0 Å². The molecule has 0 bridgehead atoms. The van der Waals surface area contributed by atoms with Gasteiger partial charge in [-0.15, -0.1) is 0 Å². The summed E-state index contributed by atoms with van der Waals surface area (Å²) in [6, 6.07) is 18.1. The van der Waals surface area contributed by atoms with Crippen molar-refractivity contribution >= 4 is 27.7 Å². The highest BCUT2D eigenvalue weighted by molar-refractivity contribution is 6.12. The molecule has 3 aromatic carbocycles. The molecule has 0 saturated heterocycles. The number of pyridine rings is 1. The molecule has 46 heavy (non-hydrogen) atoms. The van der Waals surface area contributed by atoms with Crippen LogP contribution in [0.3, 0.4) is 0 Å². The van der Waals surface area contributed by atoms with Gasteiger partial charge in [-0.1, -0.05) is 61.5 Å². The topological polar surface area (TPSA) is 48.6 Å². The molecule has 0 saturated carbocycles. The van der Waals surface area contributed by atoms with Crippen molar-refractivity contribution in [2.75, 3.05) is 6.61 Å². The summed E-state index contributed by atoms with van der Waals surface area (Å²) in [7, 11) is 0. The van der Waals surface area contributed by atoms with Crippen molar-refractivity contribution in [3.05, 3.63) is 93.7 Å². The quantitative estimate of drug-likeness (QED) is 0.203. The van der Waals surface area contributed by atoms with E-state index in [-0.39, 0.29) is 21.8 Å². The number of hydrogen-bond donors (Lipinski definition) is 0. The van der Waals surface area contributed by atoms with Gasteiger partial charge >= 0.3 is 0 Å². The van der Waals surface area contributed by atoms with Gasteiger partial charge in [0.2, 0.25) is 5.90 Å². The van der Waals surface area contributed by atoms with E-state index in [1.165, 1.54) is 44.1 Å². The lowest BCUT2D eigenvalue weighted by Gasteiger charge is -2.35. The fourth-order valence-corrected chi connectivity index (χ4v) is 6.94. The minimum absolute atomic E-state index is 0.0107. The van der Waals surface area contributed by atoms with E-state index in [9.17, 15) is 0 Å². The maximum atomic E-state index is 6.83. The van der Waals surface area contributed by atoms with E-state index in [1.807, 2.05) is 6.20 Å². The Morgan fingerprint density at radius 3 is 2.13 bits per heavy atom. The van der Waals surface area contributed by atoms with Crippen molar-refractivity contribution in [3.63, 3.8) is 0 Å². The van der Waals surface area contributed by atoms with Crippen molar-refractivity contribution in [3.8, 4) is 17.3 Å². The number of aromatic nitrogens is 2. The minimum Gasteiger partial charge on any atom is -0.475 e. The lowest BCUT2D eigenvalue weighted by atomic mass is 9.73. The van der Waals surface area contributed by atoms with Crippen LogP contribution in [0, 0.1) is 13.8 Å². The summed E-state index contributed by atoms with van der Waals surface area (Å²) in [5.41, 5.74) is 10.2. The SMILES string of the molecule is Cc1cnc2c(c1)C(C)(C)c1cc(C(C)(C)C)cc3c4cc(C)c(Oc5cc(C6=NC(C)(C)CO6)cc(C(C)(C)C)c5)cc4n-2c13. The minimum atomic E-state index is -0.239.